The maximum Gasteiger partial charge on any atom is 0.418 e. The Kier molecular flexibility index (Phi) is 7.24. The molecular formula is C25H26ClF3N2O2. The van der Waals surface area contributed by atoms with Crippen molar-refractivity contribution in [3.63, 3.8) is 0 Å². The van der Waals surface area contributed by atoms with E-state index < -0.39 is 23.2 Å². The fourth-order valence-electron chi connectivity index (χ4n) is 3.69. The fraction of sp³-hybridized carbons (Fsp3) is 0.320. The van der Waals surface area contributed by atoms with Crippen LogP contribution in [0.5, 0.6) is 0 Å². The van der Waals surface area contributed by atoms with Gasteiger partial charge in [-0.3, -0.25) is 4.79 Å². The van der Waals surface area contributed by atoms with Crippen LogP contribution in [0.3, 0.4) is 0 Å². The first-order valence-electron chi connectivity index (χ1n) is 10.4. The van der Waals surface area contributed by atoms with E-state index in [4.69, 9.17) is 11.6 Å². The molecule has 2 aromatic carbocycles. The lowest BCUT2D eigenvalue weighted by Gasteiger charge is -2.36. The highest BCUT2D eigenvalue weighted by Gasteiger charge is 2.40. The molecule has 1 aromatic heterocycles. The monoisotopic (exact) mass is 478 g/mol. The first-order valence-corrected chi connectivity index (χ1v) is 10.8. The van der Waals surface area contributed by atoms with Crippen LogP contribution in [0, 0.1) is 0 Å². The molecular weight excluding hydrogens is 453 g/mol. The third-order valence-corrected chi connectivity index (χ3v) is 6.10. The molecule has 0 aliphatic heterocycles. The number of nitrogens with zero attached hydrogens (tertiary/aromatic N) is 2. The molecule has 1 heterocycles. The summed E-state index contributed by atoms with van der Waals surface area (Å²) in [5, 5.41) is 9.80. The van der Waals surface area contributed by atoms with Crippen LogP contribution >= 0.6 is 11.6 Å². The fourth-order valence-corrected chi connectivity index (χ4v) is 3.82. The lowest BCUT2D eigenvalue weighted by atomic mass is 9.96. The van der Waals surface area contributed by atoms with Crippen molar-refractivity contribution in [2.24, 2.45) is 0 Å². The molecule has 0 fully saturated rings. The molecule has 176 valence electrons. The molecule has 0 saturated carbocycles. The third kappa shape index (κ3) is 5.42. The molecule has 0 spiro atoms. The highest BCUT2D eigenvalue weighted by Crippen LogP contribution is 2.41. The molecule has 0 aliphatic carbocycles. The van der Waals surface area contributed by atoms with E-state index in [0.29, 0.717) is 5.02 Å². The van der Waals surface area contributed by atoms with Gasteiger partial charge in [0.15, 0.2) is 0 Å². The number of rotatable bonds is 7. The maximum absolute atomic E-state index is 14.2. The molecule has 3 aromatic rings. The summed E-state index contributed by atoms with van der Waals surface area (Å²) in [5.74, 6) is -0.565. The molecule has 33 heavy (non-hydrogen) atoms. The van der Waals surface area contributed by atoms with E-state index in [2.05, 4.69) is 0 Å². The third-order valence-electron chi connectivity index (χ3n) is 5.85. The summed E-state index contributed by atoms with van der Waals surface area (Å²) in [6.07, 6.45) is -3.40. The van der Waals surface area contributed by atoms with Crippen molar-refractivity contribution in [3.8, 4) is 11.1 Å². The summed E-state index contributed by atoms with van der Waals surface area (Å²) >= 11 is 5.96. The van der Waals surface area contributed by atoms with Crippen molar-refractivity contribution in [2.75, 3.05) is 13.7 Å². The molecule has 0 bridgehead atoms. The SMILES string of the molecule is CN(C(=O)c1c(-c2ccc(Cl)cc2)c(C(F)(F)F)cn1Cc1ccccc1)C(C)(C)CCO. The summed E-state index contributed by atoms with van der Waals surface area (Å²) < 4.78 is 43.9. The second kappa shape index (κ2) is 9.61. The van der Waals surface area contributed by atoms with Crippen molar-refractivity contribution < 1.29 is 23.1 Å². The average Bonchev–Trinajstić information content (AvgIpc) is 3.13. The second-order valence-corrected chi connectivity index (χ2v) is 8.97. The van der Waals surface area contributed by atoms with E-state index in [1.54, 1.807) is 38.1 Å². The Morgan fingerprint density at radius 2 is 1.67 bits per heavy atom. The topological polar surface area (TPSA) is 45.5 Å². The lowest BCUT2D eigenvalue weighted by molar-refractivity contribution is -0.137. The first kappa shape index (κ1) is 24.9. The molecule has 0 aliphatic rings. The Hall–Kier alpha value is -2.77. The van der Waals surface area contributed by atoms with E-state index in [0.717, 1.165) is 11.8 Å². The van der Waals surface area contributed by atoms with Crippen molar-refractivity contribution in [2.45, 2.75) is 38.5 Å². The lowest BCUT2D eigenvalue weighted by Crippen LogP contribution is -2.46. The number of hydrogen-bond donors (Lipinski definition) is 1. The molecule has 1 amide bonds. The molecule has 1 N–H and O–H groups in total. The van der Waals surface area contributed by atoms with Crippen LogP contribution in [0.4, 0.5) is 13.2 Å². The number of amides is 1. The minimum absolute atomic E-state index is 0.0676. The number of aliphatic hydroxyl groups excluding tert-OH is 1. The second-order valence-electron chi connectivity index (χ2n) is 8.53. The van der Waals surface area contributed by atoms with Crippen molar-refractivity contribution >= 4 is 17.5 Å². The average molecular weight is 479 g/mol. The standard InChI is InChI=1S/C25H26ClF3N2O2/c1-24(2,13-14-32)30(3)23(33)22-21(18-9-11-19(26)12-10-18)20(25(27,28)29)16-31(22)15-17-7-5-4-6-8-17/h4-12,16,32H,13-15H2,1-3H3. The van der Waals surface area contributed by atoms with E-state index in [-0.39, 0.29) is 36.4 Å². The normalized spacial score (nSPS) is 12.1. The number of alkyl halides is 3. The number of benzene rings is 2. The predicted octanol–water partition coefficient (Wildman–Crippen LogP) is 6.11. The van der Waals surface area contributed by atoms with E-state index in [1.165, 1.54) is 40.8 Å². The van der Waals surface area contributed by atoms with E-state index in [1.807, 2.05) is 6.07 Å². The minimum Gasteiger partial charge on any atom is -0.396 e. The van der Waals surface area contributed by atoms with Crippen molar-refractivity contribution in [1.29, 1.82) is 0 Å². The van der Waals surface area contributed by atoms with Crippen molar-refractivity contribution in [3.05, 3.63) is 82.6 Å². The van der Waals surface area contributed by atoms with Crippen LogP contribution in [-0.2, 0) is 12.7 Å². The largest absolute Gasteiger partial charge is 0.418 e. The summed E-state index contributed by atoms with van der Waals surface area (Å²) in [5.41, 5.74) is -0.916. The minimum atomic E-state index is -4.68. The van der Waals surface area contributed by atoms with Gasteiger partial charge in [0.1, 0.15) is 5.69 Å². The van der Waals surface area contributed by atoms with Gasteiger partial charge < -0.3 is 14.6 Å². The van der Waals surface area contributed by atoms with Crippen LogP contribution in [0.25, 0.3) is 11.1 Å². The van der Waals surface area contributed by atoms with Gasteiger partial charge in [-0.25, -0.2) is 0 Å². The van der Waals surface area contributed by atoms with Gasteiger partial charge in [-0.2, -0.15) is 13.2 Å². The predicted molar refractivity (Wildman–Crippen MR) is 123 cm³/mol. The maximum atomic E-state index is 14.2. The Labute approximate surface area is 196 Å². The van der Waals surface area contributed by atoms with Gasteiger partial charge >= 0.3 is 6.18 Å². The van der Waals surface area contributed by atoms with E-state index >= 15 is 0 Å². The van der Waals surface area contributed by atoms with Crippen LogP contribution in [0.15, 0.2) is 60.8 Å². The molecule has 3 rings (SSSR count). The zero-order valence-electron chi connectivity index (χ0n) is 18.7. The highest BCUT2D eigenvalue weighted by atomic mass is 35.5. The summed E-state index contributed by atoms with van der Waals surface area (Å²) in [6.45, 7) is 3.46. The highest BCUT2D eigenvalue weighted by molar-refractivity contribution is 6.30. The molecule has 0 unspecified atom stereocenters. The van der Waals surface area contributed by atoms with Crippen LogP contribution in [-0.4, -0.2) is 39.7 Å². The van der Waals surface area contributed by atoms with Gasteiger partial charge in [-0.1, -0.05) is 54.1 Å². The van der Waals surface area contributed by atoms with Gasteiger partial charge in [-0.05, 0) is 43.5 Å². The number of hydrogen-bond acceptors (Lipinski definition) is 2. The molecule has 0 atom stereocenters. The number of aromatic nitrogens is 1. The van der Waals surface area contributed by atoms with Gasteiger partial charge in [-0.15, -0.1) is 0 Å². The van der Waals surface area contributed by atoms with Gasteiger partial charge in [0.05, 0.1) is 5.56 Å². The zero-order chi connectivity index (χ0) is 24.4. The van der Waals surface area contributed by atoms with Crippen LogP contribution in [0.2, 0.25) is 5.02 Å². The Bertz CT molecular complexity index is 1110. The Balaban J connectivity index is 2.27. The smallest absolute Gasteiger partial charge is 0.396 e. The number of aliphatic hydroxyl groups is 1. The van der Waals surface area contributed by atoms with Gasteiger partial charge in [0.2, 0.25) is 0 Å². The molecule has 0 radical (unpaired) electrons. The number of carbonyl (C=O) groups is 1. The summed E-state index contributed by atoms with van der Waals surface area (Å²) in [6, 6.07) is 15.0. The van der Waals surface area contributed by atoms with Crippen LogP contribution < -0.4 is 0 Å². The Morgan fingerprint density at radius 3 is 2.21 bits per heavy atom. The van der Waals surface area contributed by atoms with Gasteiger partial charge in [0.25, 0.3) is 5.91 Å². The van der Waals surface area contributed by atoms with Gasteiger partial charge in [0, 0.05) is 42.5 Å². The molecule has 8 heteroatoms. The first-order chi connectivity index (χ1) is 15.5. The quantitative estimate of drug-likeness (QED) is 0.445. The summed E-state index contributed by atoms with van der Waals surface area (Å²) in [4.78, 5) is 15.1. The van der Waals surface area contributed by atoms with E-state index in [9.17, 15) is 23.1 Å². The van der Waals surface area contributed by atoms with Crippen LogP contribution in [0.1, 0.15) is 41.9 Å². The zero-order valence-corrected chi connectivity index (χ0v) is 19.4. The Morgan fingerprint density at radius 1 is 1.06 bits per heavy atom. The summed E-state index contributed by atoms with van der Waals surface area (Å²) in [7, 11) is 1.54. The molecule has 4 nitrogen and oxygen atoms in total. The van der Waals surface area contributed by atoms with Crippen molar-refractivity contribution in [1.82, 2.24) is 9.47 Å². The number of carbonyl (C=O) groups excluding carboxylic acids is 1. The molecule has 0 saturated heterocycles. The number of halogens is 4.